The fourth-order valence-corrected chi connectivity index (χ4v) is 4.80. The summed E-state index contributed by atoms with van der Waals surface area (Å²) in [6, 6.07) is 0. The van der Waals surface area contributed by atoms with Crippen LogP contribution in [-0.4, -0.2) is 44.3 Å². The summed E-state index contributed by atoms with van der Waals surface area (Å²) in [7, 11) is 0. The number of carboxylic acids is 1. The molecule has 0 aromatic rings. The second-order valence-electron chi connectivity index (χ2n) is 5.78. The molecule has 1 saturated heterocycles. The molecule has 0 radical (unpaired) electrons. The van der Waals surface area contributed by atoms with Gasteiger partial charge in [-0.25, -0.2) is 4.79 Å². The number of hydrogen-bond donors (Lipinski definition) is 1. The number of β-lactam (4-membered cyclic amide) rings is 1. The van der Waals surface area contributed by atoms with Crippen molar-refractivity contribution < 1.29 is 14.7 Å². The maximum absolute atomic E-state index is 12.5. The molecule has 1 saturated carbocycles. The highest BCUT2D eigenvalue weighted by Gasteiger charge is 2.62. The zero-order chi connectivity index (χ0) is 15.2. The van der Waals surface area contributed by atoms with Crippen molar-refractivity contribution in [3.8, 4) is 0 Å². The number of aliphatic imine (C=N–C) groups is 1. The van der Waals surface area contributed by atoms with Crippen molar-refractivity contribution in [3.05, 3.63) is 10.7 Å². The summed E-state index contributed by atoms with van der Waals surface area (Å²) in [4.78, 5) is 29.8. The number of fused-ring (bicyclic) bond motifs is 1. The lowest BCUT2D eigenvalue weighted by molar-refractivity contribution is -0.153. The Morgan fingerprint density at radius 1 is 1.43 bits per heavy atom. The molecule has 7 heteroatoms. The van der Waals surface area contributed by atoms with E-state index < -0.39 is 11.5 Å². The molecule has 2 atom stereocenters. The summed E-state index contributed by atoms with van der Waals surface area (Å²) in [5, 5.41) is 9.23. The first kappa shape index (κ1) is 14.9. The highest BCUT2D eigenvalue weighted by Crippen LogP contribution is 2.48. The number of carboxylic acid groups (broad SMARTS) is 1. The Balaban J connectivity index is 1.89. The van der Waals surface area contributed by atoms with Crippen molar-refractivity contribution in [2.75, 3.05) is 5.75 Å². The van der Waals surface area contributed by atoms with Gasteiger partial charge >= 0.3 is 5.97 Å². The lowest BCUT2D eigenvalue weighted by Crippen LogP contribution is -2.71. The molecule has 3 rings (SSSR count). The van der Waals surface area contributed by atoms with Gasteiger partial charge in [0, 0.05) is 11.5 Å². The first-order chi connectivity index (χ1) is 9.95. The van der Waals surface area contributed by atoms with Crippen LogP contribution in [0.3, 0.4) is 0 Å². The van der Waals surface area contributed by atoms with Crippen LogP contribution in [0, 0.1) is 0 Å². The summed E-state index contributed by atoms with van der Waals surface area (Å²) < 4.78 is 0. The van der Waals surface area contributed by atoms with Gasteiger partial charge in [-0.2, -0.15) is 0 Å². The molecular weight excluding hydrogens is 312 g/mol. The lowest BCUT2D eigenvalue weighted by atomic mass is 9.88. The van der Waals surface area contributed by atoms with Crippen LogP contribution in [-0.2, 0) is 9.59 Å². The number of halogens is 1. The number of carbonyl (C=O) groups excluding carboxylic acids is 1. The molecule has 2 fully saturated rings. The number of aliphatic carboxylic acids is 1. The Labute approximate surface area is 132 Å². The van der Waals surface area contributed by atoms with Crippen LogP contribution in [0.5, 0.6) is 0 Å². The summed E-state index contributed by atoms with van der Waals surface area (Å²) in [5.41, 5.74) is 0.178. The van der Waals surface area contributed by atoms with E-state index in [1.807, 2.05) is 6.92 Å². The van der Waals surface area contributed by atoms with Crippen LogP contribution in [0.2, 0.25) is 0 Å². The Bertz CT molecular complexity index is 567. The van der Waals surface area contributed by atoms with Crippen molar-refractivity contribution in [2.24, 2.45) is 4.99 Å². The van der Waals surface area contributed by atoms with E-state index in [-0.39, 0.29) is 22.0 Å². The van der Waals surface area contributed by atoms with E-state index in [0.717, 1.165) is 31.4 Å². The van der Waals surface area contributed by atoms with Gasteiger partial charge in [-0.1, -0.05) is 18.0 Å². The van der Waals surface area contributed by atoms with Crippen molar-refractivity contribution in [3.63, 3.8) is 0 Å². The second-order valence-corrected chi connectivity index (χ2v) is 7.31. The second kappa shape index (κ2) is 5.32. The van der Waals surface area contributed by atoms with Gasteiger partial charge in [0.15, 0.2) is 5.54 Å². The van der Waals surface area contributed by atoms with Crippen LogP contribution >= 0.6 is 23.4 Å². The Kier molecular flexibility index (Phi) is 3.78. The predicted molar refractivity (Wildman–Crippen MR) is 82.5 cm³/mol. The summed E-state index contributed by atoms with van der Waals surface area (Å²) in [6.07, 6.45) is 5.36. The van der Waals surface area contributed by atoms with Gasteiger partial charge in [-0.15, -0.1) is 11.8 Å². The number of rotatable bonds is 2. The van der Waals surface area contributed by atoms with Crippen LogP contribution in [0.1, 0.15) is 39.0 Å². The summed E-state index contributed by atoms with van der Waals surface area (Å²) >= 11 is 7.46. The molecule has 1 N–H and O–H groups in total. The summed E-state index contributed by atoms with van der Waals surface area (Å²) in [5.74, 6) is -0.989. The first-order valence-corrected chi connectivity index (χ1v) is 8.52. The van der Waals surface area contributed by atoms with Crippen molar-refractivity contribution in [1.29, 1.82) is 0 Å². The molecule has 5 nitrogen and oxygen atoms in total. The molecule has 114 valence electrons. The van der Waals surface area contributed by atoms with Gasteiger partial charge in [0.2, 0.25) is 0 Å². The average molecular weight is 329 g/mol. The monoisotopic (exact) mass is 328 g/mol. The number of carbonyl (C=O) groups is 2. The smallest absolute Gasteiger partial charge is 0.353 e. The van der Waals surface area contributed by atoms with Gasteiger partial charge in [-0.3, -0.25) is 14.7 Å². The molecule has 3 aliphatic rings. The topological polar surface area (TPSA) is 70.0 Å². The SMILES string of the molecule is C[C@@]1(N=C2CCCCC2)C(=O)N2C(C(=O)O)=C(Cl)CS[C@H]21. The fourth-order valence-electron chi connectivity index (χ4n) is 3.17. The minimum atomic E-state index is -1.15. The van der Waals surface area contributed by atoms with Crippen molar-refractivity contribution in [2.45, 2.75) is 49.9 Å². The zero-order valence-corrected chi connectivity index (χ0v) is 13.3. The van der Waals surface area contributed by atoms with E-state index in [0.29, 0.717) is 5.75 Å². The van der Waals surface area contributed by atoms with Crippen LogP contribution in [0.15, 0.2) is 15.7 Å². The quantitative estimate of drug-likeness (QED) is 0.791. The van der Waals surface area contributed by atoms with Crippen LogP contribution in [0.25, 0.3) is 0 Å². The molecular formula is C14H17ClN2O3S. The van der Waals surface area contributed by atoms with E-state index in [1.54, 1.807) is 0 Å². The van der Waals surface area contributed by atoms with Gasteiger partial charge in [0.05, 0.1) is 5.03 Å². The lowest BCUT2D eigenvalue weighted by Gasteiger charge is -2.53. The Morgan fingerprint density at radius 2 is 2.10 bits per heavy atom. The molecule has 1 aliphatic carbocycles. The van der Waals surface area contributed by atoms with Crippen molar-refractivity contribution >= 4 is 41.0 Å². The average Bonchev–Trinajstić information content (AvgIpc) is 2.47. The minimum absolute atomic E-state index is 0.0771. The first-order valence-electron chi connectivity index (χ1n) is 7.10. The molecule has 0 aromatic carbocycles. The van der Waals surface area contributed by atoms with Crippen molar-refractivity contribution in [1.82, 2.24) is 4.90 Å². The van der Waals surface area contributed by atoms with Crippen LogP contribution in [0.4, 0.5) is 0 Å². The summed E-state index contributed by atoms with van der Waals surface area (Å²) in [6.45, 7) is 1.81. The normalized spacial score (nSPS) is 32.7. The molecule has 0 aromatic heterocycles. The Morgan fingerprint density at radius 3 is 2.71 bits per heavy atom. The molecule has 21 heavy (non-hydrogen) atoms. The molecule has 0 spiro atoms. The van der Waals surface area contributed by atoms with Gasteiger partial charge in [-0.05, 0) is 32.6 Å². The highest BCUT2D eigenvalue weighted by atomic mass is 35.5. The highest BCUT2D eigenvalue weighted by molar-refractivity contribution is 8.00. The predicted octanol–water partition coefficient (Wildman–Crippen LogP) is 2.60. The van der Waals surface area contributed by atoms with E-state index in [2.05, 4.69) is 0 Å². The van der Waals surface area contributed by atoms with E-state index in [4.69, 9.17) is 16.6 Å². The van der Waals surface area contributed by atoms with Gasteiger partial charge < -0.3 is 5.11 Å². The van der Waals surface area contributed by atoms with Crippen LogP contribution < -0.4 is 0 Å². The van der Waals surface area contributed by atoms with E-state index in [9.17, 15) is 14.7 Å². The number of nitrogens with zero attached hydrogens (tertiary/aromatic N) is 2. The molecule has 0 unspecified atom stereocenters. The van der Waals surface area contributed by atoms with Gasteiger partial charge in [0.25, 0.3) is 5.91 Å². The number of thioether (sulfide) groups is 1. The molecule has 0 bridgehead atoms. The largest absolute Gasteiger partial charge is 0.477 e. The molecule has 2 heterocycles. The van der Waals surface area contributed by atoms with E-state index >= 15 is 0 Å². The number of amides is 1. The third-order valence-corrected chi connectivity index (χ3v) is 6.17. The minimum Gasteiger partial charge on any atom is -0.477 e. The third kappa shape index (κ3) is 2.28. The van der Waals surface area contributed by atoms with E-state index in [1.165, 1.54) is 23.1 Å². The maximum atomic E-state index is 12.5. The fraction of sp³-hybridized carbons (Fsp3) is 0.643. The third-order valence-electron chi connectivity index (χ3n) is 4.26. The molecule has 2 aliphatic heterocycles. The number of hydrogen-bond acceptors (Lipinski definition) is 4. The maximum Gasteiger partial charge on any atom is 0.353 e. The van der Waals surface area contributed by atoms with Gasteiger partial charge in [0.1, 0.15) is 11.1 Å². The molecule has 1 amide bonds. The standard InChI is InChI=1S/C14H17ClN2O3S/c1-14(16-8-5-3-2-4-6-8)12(20)17-10(11(18)19)9(15)7-21-13(14)17/h13H,2-7H2,1H3,(H,18,19)/t13-,14+/m0/s1. The Hall–Kier alpha value is -1.01. The zero-order valence-electron chi connectivity index (χ0n) is 11.8.